The first kappa shape index (κ1) is 20.1. The Kier molecular flexibility index (Phi) is 6.80. The van der Waals surface area contributed by atoms with E-state index in [0.29, 0.717) is 0 Å². The summed E-state index contributed by atoms with van der Waals surface area (Å²) in [5, 5.41) is 5.19. The van der Waals surface area contributed by atoms with Crippen LogP contribution < -0.4 is 10.5 Å². The van der Waals surface area contributed by atoms with Crippen LogP contribution in [0.4, 0.5) is 0 Å². The van der Waals surface area contributed by atoms with Crippen molar-refractivity contribution in [3.8, 4) is 0 Å². The summed E-state index contributed by atoms with van der Waals surface area (Å²) < 4.78 is 0. The average molecular weight is 384 g/mol. The molecule has 3 aromatic carbocycles. The van der Waals surface area contributed by atoms with E-state index in [4.69, 9.17) is 0 Å². The summed E-state index contributed by atoms with van der Waals surface area (Å²) in [7, 11) is -1.74. The Bertz CT molecular complexity index is 899. The molecule has 1 atom stereocenters. The van der Waals surface area contributed by atoms with Crippen LogP contribution >= 0.6 is 0 Å². The highest BCUT2D eigenvalue weighted by Crippen LogP contribution is 2.25. The molecule has 3 rings (SSSR count). The summed E-state index contributed by atoms with van der Waals surface area (Å²) in [6.07, 6.45) is 2.02. The van der Waals surface area contributed by atoms with E-state index in [-0.39, 0.29) is 6.04 Å². The third-order valence-electron chi connectivity index (χ3n) is 5.10. The number of hydrogen-bond donors (Lipinski definition) is 1. The minimum atomic E-state index is -1.74. The highest BCUT2D eigenvalue weighted by molar-refractivity contribution is 6.94. The van der Waals surface area contributed by atoms with E-state index in [2.05, 4.69) is 122 Å². The molecule has 0 spiro atoms. The lowest BCUT2D eigenvalue weighted by Crippen LogP contribution is -2.40. The first-order chi connectivity index (χ1) is 13.6. The second kappa shape index (κ2) is 9.49. The second-order valence-electron chi connectivity index (χ2n) is 7.65. The van der Waals surface area contributed by atoms with Gasteiger partial charge >= 0.3 is 0 Å². The lowest BCUT2D eigenvalue weighted by atomic mass is 9.99. The number of hydrogen-bond acceptors (Lipinski definition) is 1. The largest absolute Gasteiger partial charge is 0.302 e. The molecule has 2 heteroatoms. The standard InChI is InChI=1S/C26H29NSi/c1-4-23(21-28(2,3)25-18-12-7-13-19-25)26(24-16-10-6-11-17-24)27-20-22-14-8-5-9-15-22/h4-19,21,26-27H,1,20H2,2-3H3/b23-21+. The summed E-state index contributed by atoms with van der Waals surface area (Å²) >= 11 is 0. The van der Waals surface area contributed by atoms with Crippen LogP contribution in [0.2, 0.25) is 13.1 Å². The molecular formula is C26H29NSi. The topological polar surface area (TPSA) is 12.0 Å². The quantitative estimate of drug-likeness (QED) is 0.384. The van der Waals surface area contributed by atoms with Crippen LogP contribution in [0.25, 0.3) is 0 Å². The van der Waals surface area contributed by atoms with E-state index in [9.17, 15) is 0 Å². The van der Waals surface area contributed by atoms with Crippen molar-refractivity contribution in [2.24, 2.45) is 0 Å². The Hall–Kier alpha value is -2.68. The van der Waals surface area contributed by atoms with Crippen LogP contribution in [0.15, 0.2) is 115 Å². The Morgan fingerprint density at radius 3 is 1.96 bits per heavy atom. The predicted octanol–water partition coefficient (Wildman–Crippen LogP) is 5.78. The molecule has 0 bridgehead atoms. The third kappa shape index (κ3) is 5.19. The molecule has 0 radical (unpaired) electrons. The highest BCUT2D eigenvalue weighted by Gasteiger charge is 2.23. The van der Waals surface area contributed by atoms with Gasteiger partial charge in [-0.25, -0.2) is 0 Å². The van der Waals surface area contributed by atoms with Crippen molar-refractivity contribution in [3.63, 3.8) is 0 Å². The SMILES string of the molecule is C=C/C(=C\[Si](C)(C)c1ccccc1)C(NCc1ccccc1)c1ccccc1. The van der Waals surface area contributed by atoms with E-state index in [1.54, 1.807) is 0 Å². The van der Waals surface area contributed by atoms with Gasteiger partial charge < -0.3 is 5.32 Å². The molecule has 0 amide bonds. The summed E-state index contributed by atoms with van der Waals surface area (Å²) in [6.45, 7) is 9.76. The summed E-state index contributed by atoms with van der Waals surface area (Å²) in [5.74, 6) is 0. The molecule has 0 aliphatic carbocycles. The zero-order valence-electron chi connectivity index (χ0n) is 16.8. The van der Waals surface area contributed by atoms with Gasteiger partial charge in [-0.3, -0.25) is 0 Å². The normalized spacial score (nSPS) is 13.1. The summed E-state index contributed by atoms with van der Waals surface area (Å²) in [5.41, 5.74) is 6.28. The van der Waals surface area contributed by atoms with Crippen LogP contribution in [0, 0.1) is 0 Å². The van der Waals surface area contributed by atoms with Crippen LogP contribution in [-0.4, -0.2) is 8.07 Å². The van der Waals surface area contributed by atoms with Gasteiger partial charge in [-0.1, -0.05) is 128 Å². The molecule has 3 aromatic rings. The molecule has 0 saturated heterocycles. The molecule has 0 heterocycles. The van der Waals surface area contributed by atoms with Gasteiger partial charge in [0.2, 0.25) is 0 Å². The lowest BCUT2D eigenvalue weighted by molar-refractivity contribution is 0.605. The molecule has 0 aliphatic heterocycles. The monoisotopic (exact) mass is 383 g/mol. The lowest BCUT2D eigenvalue weighted by Gasteiger charge is -2.26. The van der Waals surface area contributed by atoms with E-state index in [1.165, 1.54) is 21.9 Å². The maximum Gasteiger partial charge on any atom is 0.104 e. The van der Waals surface area contributed by atoms with E-state index < -0.39 is 8.07 Å². The zero-order chi connectivity index (χ0) is 19.8. The summed E-state index contributed by atoms with van der Waals surface area (Å²) in [4.78, 5) is 0. The minimum Gasteiger partial charge on any atom is -0.302 e. The first-order valence-corrected chi connectivity index (χ1v) is 12.9. The highest BCUT2D eigenvalue weighted by atomic mass is 28.3. The minimum absolute atomic E-state index is 0.120. The second-order valence-corrected chi connectivity index (χ2v) is 12.0. The molecule has 0 aliphatic rings. The van der Waals surface area contributed by atoms with Gasteiger partial charge in [0, 0.05) is 6.54 Å². The van der Waals surface area contributed by atoms with Gasteiger partial charge in [0.1, 0.15) is 8.07 Å². The van der Waals surface area contributed by atoms with Crippen molar-refractivity contribution in [1.82, 2.24) is 5.32 Å². The zero-order valence-corrected chi connectivity index (χ0v) is 17.8. The van der Waals surface area contributed by atoms with Crippen LogP contribution in [0.1, 0.15) is 17.2 Å². The van der Waals surface area contributed by atoms with Crippen molar-refractivity contribution < 1.29 is 0 Å². The Balaban J connectivity index is 1.93. The molecule has 1 N–H and O–H groups in total. The van der Waals surface area contributed by atoms with Crippen molar-refractivity contribution in [2.75, 3.05) is 0 Å². The van der Waals surface area contributed by atoms with Crippen molar-refractivity contribution >= 4 is 13.3 Å². The number of rotatable bonds is 8. The average Bonchev–Trinajstić information content (AvgIpc) is 2.75. The predicted molar refractivity (Wildman–Crippen MR) is 124 cm³/mol. The molecule has 0 fully saturated rings. The third-order valence-corrected chi connectivity index (χ3v) is 7.98. The van der Waals surface area contributed by atoms with E-state index in [0.717, 1.165) is 6.54 Å². The Morgan fingerprint density at radius 2 is 1.39 bits per heavy atom. The van der Waals surface area contributed by atoms with Gasteiger partial charge in [-0.15, -0.1) is 0 Å². The van der Waals surface area contributed by atoms with Crippen molar-refractivity contribution in [2.45, 2.75) is 25.7 Å². The molecular weight excluding hydrogens is 354 g/mol. The van der Waals surface area contributed by atoms with Gasteiger partial charge in [-0.05, 0) is 16.7 Å². The van der Waals surface area contributed by atoms with Gasteiger partial charge in [-0.2, -0.15) is 0 Å². The molecule has 1 nitrogen and oxygen atoms in total. The fourth-order valence-electron chi connectivity index (χ4n) is 3.52. The smallest absolute Gasteiger partial charge is 0.104 e. The molecule has 28 heavy (non-hydrogen) atoms. The van der Waals surface area contributed by atoms with E-state index >= 15 is 0 Å². The molecule has 1 unspecified atom stereocenters. The summed E-state index contributed by atoms with van der Waals surface area (Å²) in [6, 6.07) is 32.2. The Labute approximate surface area is 170 Å². The fraction of sp³-hybridized carbons (Fsp3) is 0.154. The van der Waals surface area contributed by atoms with Crippen LogP contribution in [-0.2, 0) is 6.54 Å². The molecule has 0 saturated carbocycles. The fourth-order valence-corrected chi connectivity index (χ4v) is 5.85. The first-order valence-electron chi connectivity index (χ1n) is 9.83. The molecule has 142 valence electrons. The molecule has 0 aromatic heterocycles. The van der Waals surface area contributed by atoms with Crippen molar-refractivity contribution in [1.29, 1.82) is 0 Å². The van der Waals surface area contributed by atoms with Gasteiger partial charge in [0.25, 0.3) is 0 Å². The maximum atomic E-state index is 4.15. The van der Waals surface area contributed by atoms with Crippen molar-refractivity contribution in [3.05, 3.63) is 126 Å². The number of nitrogens with one attached hydrogen (secondary N) is 1. The van der Waals surface area contributed by atoms with E-state index in [1.807, 2.05) is 6.08 Å². The maximum absolute atomic E-state index is 4.15. The van der Waals surface area contributed by atoms with Gasteiger partial charge in [0.05, 0.1) is 6.04 Å². The van der Waals surface area contributed by atoms with Crippen LogP contribution in [0.5, 0.6) is 0 Å². The van der Waals surface area contributed by atoms with Crippen LogP contribution in [0.3, 0.4) is 0 Å². The number of benzene rings is 3. The Morgan fingerprint density at radius 1 is 0.857 bits per heavy atom. The van der Waals surface area contributed by atoms with Gasteiger partial charge in [0.15, 0.2) is 0 Å².